The number of nitrogen functional groups attached to an aromatic ring is 4. The average Bonchev–Trinajstić information content (AvgIpc) is 3.33. The van der Waals surface area contributed by atoms with Crippen LogP contribution in [-0.4, -0.2) is 82.3 Å². The largest absolute Gasteiger partial charge is 0.543 e. The molecule has 2 amide bonds. The number of nitrogens with zero attached hydrogens (tertiary/aromatic N) is 6. The van der Waals surface area contributed by atoms with Gasteiger partial charge in [-0.3, -0.25) is 20.3 Å². The molecule has 21 heteroatoms. The molecule has 1 fully saturated rings. The fraction of sp³-hybridized carbons (Fsp3) is 0.350. The van der Waals surface area contributed by atoms with Crippen LogP contribution < -0.4 is 38.1 Å². The Balaban J connectivity index is 1.53. The zero-order valence-corrected chi connectivity index (χ0v) is 23.7. The van der Waals surface area contributed by atoms with Gasteiger partial charge in [0.2, 0.25) is 28.8 Å². The van der Waals surface area contributed by atoms with Crippen molar-refractivity contribution >= 4 is 81.3 Å². The SMILES string of the molecule is CC(C)(O/N=C(\C(=O)NC1C(=O)N2C(C(=O)[O-])=C(CSc3nc(N)cc(N)[n+]3N)CSC12)c1nsc(N)n1)C(=O)O. The summed E-state index contributed by atoms with van der Waals surface area (Å²) in [5, 5.41) is 26.9. The standard InChI is InChI=1S/C20H23N11O7S3/c1-20(2,17(36)37)38-28-9(12-27-18(23)41-29-12)13(32)26-10-14(33)30-11(16(34)35)6(4-39-15(10)30)5-40-19-25-7(21)3-8(22)31(19)24/h3,10,15H,4-5,24H2,1-2H3,(H8,21,22,23,26,27,29,32,34,35,36,37)/b28-9-. The molecule has 2 atom stereocenters. The summed E-state index contributed by atoms with van der Waals surface area (Å²) in [6, 6.07) is 0.199. The van der Waals surface area contributed by atoms with Gasteiger partial charge in [0, 0.05) is 23.0 Å². The highest BCUT2D eigenvalue weighted by molar-refractivity contribution is 8.01. The molecule has 4 rings (SSSR count). The van der Waals surface area contributed by atoms with E-state index >= 15 is 0 Å². The summed E-state index contributed by atoms with van der Waals surface area (Å²) < 4.78 is 4.99. The van der Waals surface area contributed by atoms with Crippen LogP contribution in [-0.2, 0) is 24.0 Å². The molecule has 10 N–H and O–H groups in total. The summed E-state index contributed by atoms with van der Waals surface area (Å²) >= 11 is 3.01. The fourth-order valence-corrected chi connectivity index (χ4v) is 6.35. The molecule has 1 saturated heterocycles. The van der Waals surface area contributed by atoms with Crippen LogP contribution in [0.15, 0.2) is 27.6 Å². The lowest BCUT2D eigenvalue weighted by Gasteiger charge is -2.50. The Morgan fingerprint density at radius 2 is 2.05 bits per heavy atom. The number of hydrogen-bond acceptors (Lipinski definition) is 17. The number of fused-ring (bicyclic) bond motifs is 1. The van der Waals surface area contributed by atoms with Crippen LogP contribution >= 0.6 is 35.1 Å². The lowest BCUT2D eigenvalue weighted by molar-refractivity contribution is -0.667. The molecule has 0 bridgehead atoms. The minimum Gasteiger partial charge on any atom is -0.543 e. The second-order valence-corrected chi connectivity index (χ2v) is 11.8. The van der Waals surface area contributed by atoms with Gasteiger partial charge in [0.1, 0.15) is 11.4 Å². The number of thioether (sulfide) groups is 2. The number of rotatable bonds is 10. The zero-order valence-electron chi connectivity index (χ0n) is 21.3. The third-order valence-corrected chi connectivity index (χ3v) is 8.58. The monoisotopic (exact) mass is 625 g/mol. The van der Waals surface area contributed by atoms with Gasteiger partial charge in [-0.25, -0.2) is 4.79 Å². The highest BCUT2D eigenvalue weighted by atomic mass is 32.2. The normalized spacial score (nSPS) is 18.9. The highest BCUT2D eigenvalue weighted by Crippen LogP contribution is 2.41. The van der Waals surface area contributed by atoms with E-state index in [0.717, 1.165) is 32.9 Å². The van der Waals surface area contributed by atoms with Gasteiger partial charge >= 0.3 is 11.1 Å². The van der Waals surface area contributed by atoms with Crippen LogP contribution in [0.5, 0.6) is 0 Å². The Morgan fingerprint density at radius 1 is 1.34 bits per heavy atom. The number of amides is 2. The lowest BCUT2D eigenvalue weighted by atomic mass is 10.0. The molecule has 18 nitrogen and oxygen atoms in total. The molecule has 2 aromatic rings. The summed E-state index contributed by atoms with van der Waals surface area (Å²) in [5.41, 5.74) is 14.8. The zero-order chi connectivity index (χ0) is 30.2. The molecule has 0 spiro atoms. The van der Waals surface area contributed by atoms with Gasteiger partial charge in [-0.2, -0.15) is 9.36 Å². The number of carboxylic acid groups (broad SMARTS) is 2. The summed E-state index contributed by atoms with van der Waals surface area (Å²) in [6.07, 6.45) is 0. The van der Waals surface area contributed by atoms with E-state index in [2.05, 4.69) is 24.8 Å². The molecule has 2 unspecified atom stereocenters. The van der Waals surface area contributed by atoms with E-state index in [9.17, 15) is 29.4 Å². The minimum absolute atomic E-state index is 0.00269. The second-order valence-electron chi connectivity index (χ2n) is 8.95. The van der Waals surface area contributed by atoms with Crippen LogP contribution in [0.4, 0.5) is 16.8 Å². The predicted octanol–water partition coefficient (Wildman–Crippen LogP) is -3.54. The Hall–Kier alpha value is -4.37. The van der Waals surface area contributed by atoms with E-state index in [0.29, 0.717) is 5.57 Å². The third kappa shape index (κ3) is 5.90. The number of oxime groups is 1. The maximum Gasteiger partial charge on any atom is 0.350 e. The molecule has 0 radical (unpaired) electrons. The van der Waals surface area contributed by atoms with Crippen molar-refractivity contribution in [1.29, 1.82) is 0 Å². The first kappa shape index (κ1) is 29.6. The first-order valence-electron chi connectivity index (χ1n) is 11.3. The molecule has 0 aliphatic carbocycles. The van der Waals surface area contributed by atoms with Gasteiger partial charge in [-0.05, 0) is 31.2 Å². The van der Waals surface area contributed by atoms with E-state index in [-0.39, 0.29) is 45.0 Å². The van der Waals surface area contributed by atoms with E-state index in [1.54, 1.807) is 0 Å². The van der Waals surface area contributed by atoms with Gasteiger partial charge in [-0.15, -0.1) is 16.4 Å². The van der Waals surface area contributed by atoms with Crippen molar-refractivity contribution in [3.63, 3.8) is 0 Å². The van der Waals surface area contributed by atoms with Crippen LogP contribution in [0, 0.1) is 0 Å². The molecular formula is C20H23N11O7S3. The molecule has 2 aromatic heterocycles. The Labute approximate surface area is 243 Å². The lowest BCUT2D eigenvalue weighted by Crippen LogP contribution is -2.71. The maximum atomic E-state index is 13.1. The minimum atomic E-state index is -1.81. The van der Waals surface area contributed by atoms with Crippen molar-refractivity contribution in [2.24, 2.45) is 5.16 Å². The van der Waals surface area contributed by atoms with E-state index in [1.807, 2.05) is 0 Å². The Kier molecular flexibility index (Phi) is 8.12. The van der Waals surface area contributed by atoms with Crippen LogP contribution in [0.1, 0.15) is 19.7 Å². The number of β-lactam (4-membered cyclic amide) rings is 1. The van der Waals surface area contributed by atoms with Crippen molar-refractivity contribution in [1.82, 2.24) is 24.6 Å². The topological polar surface area (TPSA) is 295 Å². The van der Waals surface area contributed by atoms with Gasteiger partial charge in [0.15, 0.2) is 5.13 Å². The van der Waals surface area contributed by atoms with Gasteiger partial charge in [0.05, 0.1) is 17.7 Å². The number of aromatic nitrogens is 4. The summed E-state index contributed by atoms with van der Waals surface area (Å²) in [5.74, 6) is 1.47. The number of aliphatic carboxylic acids is 2. The number of nitrogens with one attached hydrogen (secondary N) is 1. The Morgan fingerprint density at radius 3 is 2.66 bits per heavy atom. The second kappa shape index (κ2) is 11.2. The van der Waals surface area contributed by atoms with Crippen molar-refractivity contribution in [3.8, 4) is 0 Å². The van der Waals surface area contributed by atoms with E-state index in [1.165, 1.54) is 31.7 Å². The molecule has 4 heterocycles. The smallest absolute Gasteiger partial charge is 0.350 e. The van der Waals surface area contributed by atoms with E-state index in [4.69, 9.17) is 27.9 Å². The first-order valence-corrected chi connectivity index (χ1v) is 14.2. The van der Waals surface area contributed by atoms with Crippen molar-refractivity contribution in [2.75, 3.05) is 34.5 Å². The first-order chi connectivity index (χ1) is 19.2. The fourth-order valence-electron chi connectivity index (χ4n) is 3.49. The van der Waals surface area contributed by atoms with Crippen molar-refractivity contribution in [2.45, 2.75) is 36.0 Å². The summed E-state index contributed by atoms with van der Waals surface area (Å²) in [7, 11) is 0. The third-order valence-electron chi connectivity index (χ3n) is 5.66. The number of nitrogens with two attached hydrogens (primary N) is 4. The molecule has 2 aliphatic rings. The summed E-state index contributed by atoms with van der Waals surface area (Å²) in [6.45, 7) is 2.41. The molecule has 0 aromatic carbocycles. The Bertz CT molecular complexity index is 1510. The quantitative estimate of drug-likeness (QED) is 0.0283. The van der Waals surface area contributed by atoms with Crippen LogP contribution in [0.2, 0.25) is 0 Å². The average molecular weight is 626 g/mol. The summed E-state index contributed by atoms with van der Waals surface area (Å²) in [4.78, 5) is 63.7. The number of hydrogen-bond donors (Lipinski definition) is 6. The van der Waals surface area contributed by atoms with Gasteiger partial charge in [0.25, 0.3) is 11.8 Å². The van der Waals surface area contributed by atoms with Crippen LogP contribution in [0.25, 0.3) is 0 Å². The maximum absolute atomic E-state index is 13.1. The van der Waals surface area contributed by atoms with E-state index < -0.39 is 46.5 Å². The van der Waals surface area contributed by atoms with Gasteiger partial charge < -0.3 is 42.4 Å². The van der Waals surface area contributed by atoms with Crippen molar-refractivity contribution in [3.05, 3.63) is 23.2 Å². The molecule has 2 aliphatic heterocycles. The highest BCUT2D eigenvalue weighted by Gasteiger charge is 2.53. The molecule has 218 valence electrons. The predicted molar refractivity (Wildman–Crippen MR) is 145 cm³/mol. The van der Waals surface area contributed by atoms with Crippen molar-refractivity contribution < 1.29 is 38.9 Å². The number of carbonyl (C=O) groups is 4. The number of carbonyl (C=O) groups excluding carboxylic acids is 3. The molecule has 0 saturated carbocycles. The molecule has 41 heavy (non-hydrogen) atoms. The van der Waals surface area contributed by atoms with Gasteiger partial charge in [-0.1, -0.05) is 10.1 Å². The number of anilines is 3. The number of carboxylic acids is 2. The molecular weight excluding hydrogens is 602 g/mol. The van der Waals surface area contributed by atoms with Crippen LogP contribution in [0.3, 0.4) is 0 Å².